The molecule has 1 saturated heterocycles. The summed E-state index contributed by atoms with van der Waals surface area (Å²) >= 11 is 0. The molecule has 2 aliphatic rings. The largest absolute Gasteiger partial charge is 0.480 e. The van der Waals surface area contributed by atoms with Crippen LogP contribution in [0.5, 0.6) is 0 Å². The number of likely N-dealkylation sites (tertiary alicyclic amines) is 1. The molecular weight excluding hydrogens is 198 g/mol. The van der Waals surface area contributed by atoms with Crippen molar-refractivity contribution in [3.8, 4) is 0 Å². The highest BCUT2D eigenvalue weighted by Gasteiger charge is 2.57. The zero-order chi connectivity index (χ0) is 11.0. The number of amides is 1. The van der Waals surface area contributed by atoms with Crippen molar-refractivity contribution < 1.29 is 19.4 Å². The third kappa shape index (κ3) is 1.69. The van der Waals surface area contributed by atoms with Gasteiger partial charge in [-0.2, -0.15) is 0 Å². The van der Waals surface area contributed by atoms with Gasteiger partial charge >= 0.3 is 12.1 Å². The second kappa shape index (κ2) is 3.56. The van der Waals surface area contributed by atoms with Crippen molar-refractivity contribution in [2.24, 2.45) is 11.8 Å². The lowest BCUT2D eigenvalue weighted by atomic mass is 10.2. The summed E-state index contributed by atoms with van der Waals surface area (Å²) in [6.45, 7) is 4.06. The Labute approximate surface area is 87.3 Å². The van der Waals surface area contributed by atoms with Crippen LogP contribution in [-0.4, -0.2) is 41.3 Å². The predicted molar refractivity (Wildman–Crippen MR) is 51.3 cm³/mol. The van der Waals surface area contributed by atoms with Gasteiger partial charge in [-0.3, -0.25) is 4.90 Å². The topological polar surface area (TPSA) is 66.8 Å². The second-order valence-electron chi connectivity index (χ2n) is 3.96. The maximum absolute atomic E-state index is 11.5. The van der Waals surface area contributed by atoms with Crippen LogP contribution in [-0.2, 0) is 9.53 Å². The van der Waals surface area contributed by atoms with Gasteiger partial charge in [0.25, 0.3) is 0 Å². The van der Waals surface area contributed by atoms with Crippen molar-refractivity contribution >= 4 is 12.1 Å². The highest BCUT2D eigenvalue weighted by Crippen LogP contribution is 2.49. The molecule has 0 radical (unpaired) electrons. The molecule has 0 aromatic heterocycles. The SMILES string of the molecule is C=CCOC(=O)N1C[C@H]2C[C@H]2[C@H]1C(=O)O. The van der Waals surface area contributed by atoms with Gasteiger partial charge in [-0.05, 0) is 18.3 Å². The van der Waals surface area contributed by atoms with Crippen LogP contribution in [0.4, 0.5) is 4.79 Å². The molecule has 5 nitrogen and oxygen atoms in total. The fourth-order valence-corrected chi connectivity index (χ4v) is 2.18. The lowest BCUT2D eigenvalue weighted by Gasteiger charge is -2.23. The number of hydrogen-bond donors (Lipinski definition) is 1. The number of piperidine rings is 1. The van der Waals surface area contributed by atoms with Gasteiger partial charge in [0, 0.05) is 6.54 Å². The molecule has 1 aliphatic carbocycles. The van der Waals surface area contributed by atoms with Gasteiger partial charge < -0.3 is 9.84 Å². The first kappa shape index (κ1) is 10.0. The minimum atomic E-state index is -0.935. The van der Waals surface area contributed by atoms with Crippen LogP contribution in [0.25, 0.3) is 0 Å². The van der Waals surface area contributed by atoms with E-state index < -0.39 is 18.1 Å². The number of ether oxygens (including phenoxy) is 1. The van der Waals surface area contributed by atoms with Crippen LogP contribution in [0.15, 0.2) is 12.7 Å². The molecule has 3 atom stereocenters. The first-order valence-electron chi connectivity index (χ1n) is 4.92. The van der Waals surface area contributed by atoms with Gasteiger partial charge in [0.15, 0.2) is 0 Å². The van der Waals surface area contributed by atoms with E-state index >= 15 is 0 Å². The molecule has 0 aromatic carbocycles. The second-order valence-corrected chi connectivity index (χ2v) is 3.96. The third-order valence-corrected chi connectivity index (χ3v) is 2.96. The van der Waals surface area contributed by atoms with Crippen LogP contribution < -0.4 is 0 Å². The standard InChI is InChI=1S/C10H13NO4/c1-2-3-15-10(14)11-5-6-4-7(6)8(11)9(12)13/h2,6-8H,1,3-5H2,(H,12,13)/t6-,7-,8+/m1/s1. The Bertz CT molecular complexity index is 315. The molecule has 1 saturated carbocycles. The van der Waals surface area contributed by atoms with Crippen molar-refractivity contribution in [2.75, 3.05) is 13.2 Å². The highest BCUT2D eigenvalue weighted by molar-refractivity contribution is 5.82. The van der Waals surface area contributed by atoms with Crippen molar-refractivity contribution in [2.45, 2.75) is 12.5 Å². The average Bonchev–Trinajstić information content (AvgIpc) is 2.85. The molecule has 2 fully saturated rings. The Kier molecular flexibility index (Phi) is 2.38. The van der Waals surface area contributed by atoms with Crippen LogP contribution in [0.2, 0.25) is 0 Å². The van der Waals surface area contributed by atoms with Crippen LogP contribution in [0, 0.1) is 11.8 Å². The summed E-state index contributed by atoms with van der Waals surface area (Å²) in [6, 6.07) is -0.688. The number of carboxylic acids is 1. The number of carbonyl (C=O) groups is 2. The maximum Gasteiger partial charge on any atom is 0.410 e. The molecule has 1 N–H and O–H groups in total. The predicted octanol–water partition coefficient (Wildman–Crippen LogP) is 0.714. The van der Waals surface area contributed by atoms with E-state index in [1.807, 2.05) is 0 Å². The van der Waals surface area contributed by atoms with Crippen LogP contribution in [0.3, 0.4) is 0 Å². The Morgan fingerprint density at radius 2 is 2.33 bits per heavy atom. The van der Waals surface area contributed by atoms with E-state index in [1.165, 1.54) is 11.0 Å². The Morgan fingerprint density at radius 1 is 1.60 bits per heavy atom. The molecule has 2 rings (SSSR count). The Hall–Kier alpha value is -1.52. The van der Waals surface area contributed by atoms with E-state index in [0.29, 0.717) is 12.5 Å². The van der Waals surface area contributed by atoms with Gasteiger partial charge in [0.05, 0.1) is 0 Å². The van der Waals surface area contributed by atoms with Crippen molar-refractivity contribution in [1.29, 1.82) is 0 Å². The molecule has 0 unspecified atom stereocenters. The van der Waals surface area contributed by atoms with Crippen molar-refractivity contribution in [3.05, 3.63) is 12.7 Å². The van der Waals surface area contributed by atoms with Gasteiger partial charge in [-0.15, -0.1) is 0 Å². The van der Waals surface area contributed by atoms with E-state index in [9.17, 15) is 9.59 Å². The molecule has 0 spiro atoms. The van der Waals surface area contributed by atoms with Gasteiger partial charge in [-0.1, -0.05) is 12.7 Å². The molecule has 0 aromatic rings. The molecule has 1 heterocycles. The molecule has 0 bridgehead atoms. The van der Waals surface area contributed by atoms with E-state index in [4.69, 9.17) is 9.84 Å². The number of rotatable bonds is 3. The molecule has 1 aliphatic heterocycles. The molecule has 5 heteroatoms. The van der Waals surface area contributed by atoms with Crippen molar-refractivity contribution in [3.63, 3.8) is 0 Å². The minimum Gasteiger partial charge on any atom is -0.480 e. The summed E-state index contributed by atoms with van der Waals surface area (Å²) in [6.07, 6.45) is 1.83. The van der Waals surface area contributed by atoms with Crippen LogP contribution in [0.1, 0.15) is 6.42 Å². The number of hydrogen-bond acceptors (Lipinski definition) is 3. The quantitative estimate of drug-likeness (QED) is 0.698. The Balaban J connectivity index is 1.99. The highest BCUT2D eigenvalue weighted by atomic mass is 16.6. The summed E-state index contributed by atoms with van der Waals surface area (Å²) in [5, 5.41) is 8.99. The monoisotopic (exact) mass is 211 g/mol. The first-order chi connectivity index (χ1) is 7.15. The van der Waals surface area contributed by atoms with Gasteiger partial charge in [-0.25, -0.2) is 9.59 Å². The molecule has 82 valence electrons. The summed E-state index contributed by atoms with van der Waals surface area (Å²) in [7, 11) is 0. The van der Waals surface area contributed by atoms with Gasteiger partial charge in [0.1, 0.15) is 12.6 Å². The molecule has 15 heavy (non-hydrogen) atoms. The Morgan fingerprint density at radius 3 is 2.93 bits per heavy atom. The fraction of sp³-hybridized carbons (Fsp3) is 0.600. The van der Waals surface area contributed by atoms with Crippen molar-refractivity contribution in [1.82, 2.24) is 4.90 Å². The summed E-state index contributed by atoms with van der Waals surface area (Å²) in [5.41, 5.74) is 0. The number of nitrogens with zero attached hydrogens (tertiary/aromatic N) is 1. The zero-order valence-electron chi connectivity index (χ0n) is 8.26. The lowest BCUT2D eigenvalue weighted by molar-refractivity contribution is -0.142. The summed E-state index contributed by atoms with van der Waals surface area (Å²) < 4.78 is 4.83. The zero-order valence-corrected chi connectivity index (χ0v) is 8.26. The summed E-state index contributed by atoms with van der Waals surface area (Å²) in [4.78, 5) is 23.7. The van der Waals surface area contributed by atoms with E-state index in [2.05, 4.69) is 6.58 Å². The van der Waals surface area contributed by atoms with Gasteiger partial charge in [0.2, 0.25) is 0 Å². The van der Waals surface area contributed by atoms with E-state index in [0.717, 1.165) is 6.42 Å². The van der Waals surface area contributed by atoms with Crippen LogP contribution >= 0.6 is 0 Å². The number of carboxylic acid groups (broad SMARTS) is 1. The van der Waals surface area contributed by atoms with E-state index in [1.54, 1.807) is 0 Å². The lowest BCUT2D eigenvalue weighted by Crippen LogP contribution is -2.43. The number of fused-ring (bicyclic) bond motifs is 1. The fourth-order valence-electron chi connectivity index (χ4n) is 2.18. The number of aliphatic carboxylic acids is 1. The van der Waals surface area contributed by atoms with E-state index in [-0.39, 0.29) is 12.5 Å². The number of carbonyl (C=O) groups excluding carboxylic acids is 1. The molecular formula is C10H13NO4. The first-order valence-corrected chi connectivity index (χ1v) is 4.92. The minimum absolute atomic E-state index is 0.122. The third-order valence-electron chi connectivity index (χ3n) is 2.96. The molecule has 1 amide bonds. The normalized spacial score (nSPS) is 32.0. The average molecular weight is 211 g/mol. The maximum atomic E-state index is 11.5. The smallest absolute Gasteiger partial charge is 0.410 e. The summed E-state index contributed by atoms with van der Waals surface area (Å²) in [5.74, 6) is -0.434.